The lowest BCUT2D eigenvalue weighted by molar-refractivity contribution is -0.114. The molecule has 116 valence electrons. The number of amides is 2. The molecule has 2 N–H and O–H groups in total. The van der Waals surface area contributed by atoms with Crippen LogP contribution in [0.25, 0.3) is 6.08 Å². The topological polar surface area (TPSA) is 82.0 Å². The highest BCUT2D eigenvalue weighted by molar-refractivity contribution is 7.12. The van der Waals surface area contributed by atoms with E-state index in [1.165, 1.54) is 18.3 Å². The Morgan fingerprint density at radius 3 is 2.17 bits per heavy atom. The highest BCUT2D eigenvalue weighted by Gasteiger charge is 2.10. The zero-order valence-electron chi connectivity index (χ0n) is 12.7. The van der Waals surface area contributed by atoms with Gasteiger partial charge >= 0.3 is 0 Å². The Hall–Kier alpha value is -2.91. The van der Waals surface area contributed by atoms with Gasteiger partial charge in [-0.05, 0) is 49.4 Å². The summed E-state index contributed by atoms with van der Waals surface area (Å²) in [5.41, 5.74) is 1.23. The molecule has 5 nitrogen and oxygen atoms in total. The molecule has 0 bridgehead atoms. The van der Waals surface area contributed by atoms with Crippen LogP contribution in [0.1, 0.15) is 16.7 Å². The first-order valence-corrected chi connectivity index (χ1v) is 7.67. The van der Waals surface area contributed by atoms with Gasteiger partial charge in [-0.3, -0.25) is 9.59 Å². The van der Waals surface area contributed by atoms with Crippen molar-refractivity contribution < 1.29 is 9.59 Å². The minimum Gasteiger partial charge on any atom is -0.326 e. The first-order chi connectivity index (χ1) is 11.0. The molecule has 0 fully saturated rings. The normalized spacial score (nSPS) is 10.7. The number of nitrogens with zero attached hydrogens (tertiary/aromatic N) is 1. The van der Waals surface area contributed by atoms with E-state index in [0.717, 1.165) is 9.75 Å². The van der Waals surface area contributed by atoms with Crippen molar-refractivity contribution in [1.82, 2.24) is 0 Å². The van der Waals surface area contributed by atoms with Crippen LogP contribution in [0, 0.1) is 18.3 Å². The Morgan fingerprint density at radius 2 is 1.70 bits per heavy atom. The van der Waals surface area contributed by atoms with Crippen molar-refractivity contribution in [2.75, 3.05) is 10.6 Å². The minimum absolute atomic E-state index is 0.0396. The predicted molar refractivity (Wildman–Crippen MR) is 92.0 cm³/mol. The molecule has 0 aliphatic carbocycles. The van der Waals surface area contributed by atoms with Crippen LogP contribution in [0.15, 0.2) is 42.0 Å². The molecule has 2 rings (SSSR count). The summed E-state index contributed by atoms with van der Waals surface area (Å²) in [6.07, 6.45) is 1.57. The van der Waals surface area contributed by atoms with Gasteiger partial charge in [0.15, 0.2) is 0 Å². The van der Waals surface area contributed by atoms with E-state index in [1.54, 1.807) is 30.3 Å². The van der Waals surface area contributed by atoms with Gasteiger partial charge in [0.05, 0.1) is 0 Å². The third-order valence-electron chi connectivity index (χ3n) is 2.88. The van der Waals surface area contributed by atoms with Crippen molar-refractivity contribution in [3.63, 3.8) is 0 Å². The Kier molecular flexibility index (Phi) is 5.28. The Labute approximate surface area is 138 Å². The molecule has 0 radical (unpaired) electrons. The predicted octanol–water partition coefficient (Wildman–Crippen LogP) is 3.56. The standard InChI is InChI=1S/C17H15N3O2S/c1-11-3-8-16(23-11)9-13(10-18)17(22)20-15-6-4-14(5-7-15)19-12(2)21/h3-9H,1-2H3,(H,19,21)(H,20,22)/b13-9+. The van der Waals surface area contributed by atoms with Gasteiger partial charge in [-0.2, -0.15) is 5.26 Å². The maximum absolute atomic E-state index is 12.2. The van der Waals surface area contributed by atoms with Crippen LogP contribution in [-0.4, -0.2) is 11.8 Å². The van der Waals surface area contributed by atoms with Crippen LogP contribution in [0.4, 0.5) is 11.4 Å². The summed E-state index contributed by atoms with van der Waals surface area (Å²) < 4.78 is 0. The first kappa shape index (κ1) is 16.5. The summed E-state index contributed by atoms with van der Waals surface area (Å²) >= 11 is 1.52. The van der Waals surface area contributed by atoms with Gasteiger partial charge < -0.3 is 10.6 Å². The van der Waals surface area contributed by atoms with Crippen molar-refractivity contribution in [3.8, 4) is 6.07 Å². The third kappa shape index (κ3) is 4.80. The number of carbonyl (C=O) groups is 2. The molecule has 0 aliphatic rings. The fraction of sp³-hybridized carbons (Fsp3) is 0.118. The smallest absolute Gasteiger partial charge is 0.266 e. The molecule has 0 unspecified atom stereocenters. The summed E-state index contributed by atoms with van der Waals surface area (Å²) in [5.74, 6) is -0.631. The lowest BCUT2D eigenvalue weighted by Gasteiger charge is -2.06. The number of nitrogens with one attached hydrogen (secondary N) is 2. The second kappa shape index (κ2) is 7.38. The fourth-order valence-corrected chi connectivity index (χ4v) is 2.68. The third-order valence-corrected chi connectivity index (χ3v) is 3.82. The van der Waals surface area contributed by atoms with Crippen LogP contribution < -0.4 is 10.6 Å². The van der Waals surface area contributed by atoms with E-state index in [0.29, 0.717) is 11.4 Å². The number of benzene rings is 1. The van der Waals surface area contributed by atoms with E-state index >= 15 is 0 Å². The van der Waals surface area contributed by atoms with E-state index in [4.69, 9.17) is 5.26 Å². The molecule has 6 heteroatoms. The molecule has 0 saturated carbocycles. The summed E-state index contributed by atoms with van der Waals surface area (Å²) in [4.78, 5) is 25.1. The number of hydrogen-bond acceptors (Lipinski definition) is 4. The Balaban J connectivity index is 2.09. The lowest BCUT2D eigenvalue weighted by atomic mass is 10.2. The van der Waals surface area contributed by atoms with Crippen LogP contribution >= 0.6 is 11.3 Å². The fourth-order valence-electron chi connectivity index (χ4n) is 1.86. The monoisotopic (exact) mass is 325 g/mol. The highest BCUT2D eigenvalue weighted by Crippen LogP contribution is 2.19. The molecule has 2 amide bonds. The van der Waals surface area contributed by atoms with E-state index in [1.807, 2.05) is 25.1 Å². The van der Waals surface area contributed by atoms with Crippen LogP contribution in [0.5, 0.6) is 0 Å². The Bertz CT molecular complexity index is 798. The van der Waals surface area contributed by atoms with Gasteiger partial charge in [0, 0.05) is 28.1 Å². The summed E-state index contributed by atoms with van der Waals surface area (Å²) in [6.45, 7) is 3.39. The van der Waals surface area contributed by atoms with Gasteiger partial charge in [-0.25, -0.2) is 0 Å². The van der Waals surface area contributed by atoms with E-state index in [-0.39, 0.29) is 11.5 Å². The van der Waals surface area contributed by atoms with Crippen LogP contribution in [-0.2, 0) is 9.59 Å². The van der Waals surface area contributed by atoms with Gasteiger partial charge in [-0.1, -0.05) is 0 Å². The van der Waals surface area contributed by atoms with Crippen LogP contribution in [0.3, 0.4) is 0 Å². The number of rotatable bonds is 4. The van der Waals surface area contributed by atoms with Crippen molar-refractivity contribution in [3.05, 3.63) is 51.7 Å². The minimum atomic E-state index is -0.467. The average molecular weight is 325 g/mol. The number of nitriles is 1. The molecule has 1 aromatic carbocycles. The van der Waals surface area contributed by atoms with E-state index in [9.17, 15) is 9.59 Å². The van der Waals surface area contributed by atoms with E-state index in [2.05, 4.69) is 10.6 Å². The molecule has 0 aliphatic heterocycles. The van der Waals surface area contributed by atoms with Gasteiger partial charge in [-0.15, -0.1) is 11.3 Å². The van der Waals surface area contributed by atoms with Gasteiger partial charge in [0.1, 0.15) is 11.6 Å². The molecule has 2 aromatic rings. The number of hydrogen-bond donors (Lipinski definition) is 2. The summed E-state index contributed by atoms with van der Waals surface area (Å²) in [5, 5.41) is 14.5. The molecule has 0 atom stereocenters. The second-order valence-electron chi connectivity index (χ2n) is 4.83. The van der Waals surface area contributed by atoms with Crippen molar-refractivity contribution >= 4 is 40.6 Å². The highest BCUT2D eigenvalue weighted by atomic mass is 32.1. The van der Waals surface area contributed by atoms with Crippen LogP contribution in [0.2, 0.25) is 0 Å². The summed E-state index contributed by atoms with van der Waals surface area (Å²) in [7, 11) is 0. The van der Waals surface area contributed by atoms with Gasteiger partial charge in [0.2, 0.25) is 5.91 Å². The Morgan fingerprint density at radius 1 is 1.09 bits per heavy atom. The molecule has 1 heterocycles. The number of carbonyl (C=O) groups excluding carboxylic acids is 2. The largest absolute Gasteiger partial charge is 0.326 e. The maximum Gasteiger partial charge on any atom is 0.266 e. The molecule has 23 heavy (non-hydrogen) atoms. The molecule has 0 saturated heterocycles. The SMILES string of the molecule is CC(=O)Nc1ccc(NC(=O)/C(C#N)=C/c2ccc(C)s2)cc1. The molecular weight excluding hydrogens is 310 g/mol. The first-order valence-electron chi connectivity index (χ1n) is 6.85. The molecule has 1 aromatic heterocycles. The zero-order valence-corrected chi connectivity index (χ0v) is 13.5. The van der Waals surface area contributed by atoms with Crippen molar-refractivity contribution in [1.29, 1.82) is 5.26 Å². The quantitative estimate of drug-likeness (QED) is 0.666. The lowest BCUT2D eigenvalue weighted by Crippen LogP contribution is -2.13. The summed E-state index contributed by atoms with van der Waals surface area (Å²) in [6, 6.07) is 12.4. The maximum atomic E-state index is 12.2. The van der Waals surface area contributed by atoms with Gasteiger partial charge in [0.25, 0.3) is 5.91 Å². The number of anilines is 2. The number of aryl methyl sites for hydroxylation is 1. The molecular formula is C17H15N3O2S. The average Bonchev–Trinajstić information content (AvgIpc) is 2.91. The zero-order chi connectivity index (χ0) is 16.8. The number of thiophene rings is 1. The van der Waals surface area contributed by atoms with Crippen molar-refractivity contribution in [2.45, 2.75) is 13.8 Å². The molecule has 0 spiro atoms. The second-order valence-corrected chi connectivity index (χ2v) is 6.15. The van der Waals surface area contributed by atoms with Crippen molar-refractivity contribution in [2.24, 2.45) is 0 Å². The van der Waals surface area contributed by atoms with E-state index < -0.39 is 5.91 Å².